The van der Waals surface area contributed by atoms with Crippen molar-refractivity contribution in [3.63, 3.8) is 0 Å². The molecule has 0 heterocycles. The maximum atomic E-state index is 11.6. The Bertz CT molecular complexity index is 500. The Hall–Kier alpha value is -2.08. The second-order valence-corrected chi connectivity index (χ2v) is 5.01. The molecule has 0 aliphatic heterocycles. The van der Waals surface area contributed by atoms with Crippen molar-refractivity contribution in [3.8, 4) is 5.75 Å². The molecule has 0 atom stereocenters. The number of benzene rings is 1. The molecule has 0 unspecified atom stereocenters. The van der Waals surface area contributed by atoms with E-state index in [1.165, 1.54) is 7.11 Å². The van der Waals surface area contributed by atoms with E-state index in [9.17, 15) is 9.59 Å². The highest BCUT2D eigenvalue weighted by molar-refractivity contribution is 5.83. The molecule has 21 heavy (non-hydrogen) atoms. The van der Waals surface area contributed by atoms with Crippen LogP contribution in [-0.4, -0.2) is 32.1 Å². The van der Waals surface area contributed by atoms with Gasteiger partial charge in [0, 0.05) is 7.11 Å². The fourth-order valence-corrected chi connectivity index (χ4v) is 1.73. The lowest BCUT2D eigenvalue weighted by Gasteiger charge is -2.15. The number of nitrogens with one attached hydrogen (secondary N) is 2. The number of hydrazine groups is 1. The van der Waals surface area contributed by atoms with Crippen molar-refractivity contribution in [1.82, 2.24) is 10.9 Å². The van der Waals surface area contributed by atoms with Crippen molar-refractivity contribution in [3.05, 3.63) is 29.3 Å². The fraction of sp³-hybridized carbons (Fsp3) is 0.467. The zero-order valence-electron chi connectivity index (χ0n) is 12.9. The number of ether oxygens (including phenoxy) is 2. The summed E-state index contributed by atoms with van der Waals surface area (Å²) in [5.41, 5.74) is 6.58. The first-order valence-corrected chi connectivity index (χ1v) is 6.74. The molecule has 116 valence electrons. The number of carbonyl (C=O) groups is 2. The Morgan fingerprint density at radius 3 is 2.33 bits per heavy atom. The highest BCUT2D eigenvalue weighted by Crippen LogP contribution is 2.27. The minimum atomic E-state index is -0.435. The third-order valence-electron chi connectivity index (χ3n) is 2.77. The van der Waals surface area contributed by atoms with Crippen molar-refractivity contribution in [1.29, 1.82) is 0 Å². The lowest BCUT2D eigenvalue weighted by Crippen LogP contribution is -2.45. The van der Waals surface area contributed by atoms with Crippen LogP contribution < -0.4 is 15.6 Å². The molecule has 2 N–H and O–H groups in total. The van der Waals surface area contributed by atoms with Gasteiger partial charge in [-0.25, -0.2) is 0 Å². The van der Waals surface area contributed by atoms with Gasteiger partial charge in [-0.3, -0.25) is 20.4 Å². The maximum Gasteiger partial charge on any atom is 0.276 e. The topological polar surface area (TPSA) is 76.7 Å². The first-order chi connectivity index (χ1) is 9.93. The lowest BCUT2D eigenvalue weighted by atomic mass is 10.0. The number of aryl methyl sites for hydroxylation is 1. The van der Waals surface area contributed by atoms with Gasteiger partial charge < -0.3 is 9.47 Å². The van der Waals surface area contributed by atoms with E-state index in [-0.39, 0.29) is 13.2 Å². The summed E-state index contributed by atoms with van der Waals surface area (Å²) in [6.07, 6.45) is 0. The predicted octanol–water partition coefficient (Wildman–Crippen LogP) is 1.29. The highest BCUT2D eigenvalue weighted by Gasteiger charge is 2.10. The fourth-order valence-electron chi connectivity index (χ4n) is 1.73. The number of hydrogen-bond acceptors (Lipinski definition) is 4. The SMILES string of the molecule is COCC(=O)NNC(=O)COc1cc(C)ccc1C(C)C. The van der Waals surface area contributed by atoms with E-state index in [1.807, 2.05) is 25.1 Å². The summed E-state index contributed by atoms with van der Waals surface area (Å²) in [4.78, 5) is 22.7. The first-order valence-electron chi connectivity index (χ1n) is 6.74. The monoisotopic (exact) mass is 294 g/mol. The molecule has 0 aromatic heterocycles. The predicted molar refractivity (Wildman–Crippen MR) is 78.9 cm³/mol. The van der Waals surface area contributed by atoms with Gasteiger partial charge in [0.15, 0.2) is 6.61 Å². The van der Waals surface area contributed by atoms with Crippen molar-refractivity contribution >= 4 is 11.8 Å². The van der Waals surface area contributed by atoms with Crippen LogP contribution in [0.4, 0.5) is 0 Å². The summed E-state index contributed by atoms with van der Waals surface area (Å²) >= 11 is 0. The van der Waals surface area contributed by atoms with Crippen LogP contribution in [0.5, 0.6) is 5.75 Å². The summed E-state index contributed by atoms with van der Waals surface area (Å²) in [6.45, 7) is 5.79. The van der Waals surface area contributed by atoms with Gasteiger partial charge in [0.1, 0.15) is 12.4 Å². The van der Waals surface area contributed by atoms with Crippen LogP contribution in [0.15, 0.2) is 18.2 Å². The average molecular weight is 294 g/mol. The molecule has 0 radical (unpaired) electrons. The van der Waals surface area contributed by atoms with Crippen molar-refractivity contribution in [2.24, 2.45) is 0 Å². The number of amides is 2. The summed E-state index contributed by atoms with van der Waals surface area (Å²) in [6, 6.07) is 5.90. The summed E-state index contributed by atoms with van der Waals surface area (Å²) in [7, 11) is 1.40. The van der Waals surface area contributed by atoms with E-state index in [4.69, 9.17) is 4.74 Å². The molecule has 0 saturated heterocycles. The maximum absolute atomic E-state index is 11.6. The standard InChI is InChI=1S/C15H22N2O4/c1-10(2)12-6-5-11(3)7-13(12)21-9-15(19)17-16-14(18)8-20-4/h5-7,10H,8-9H2,1-4H3,(H,16,18)(H,17,19). The van der Waals surface area contributed by atoms with Gasteiger partial charge in [0.2, 0.25) is 0 Å². The minimum absolute atomic E-state index is 0.115. The van der Waals surface area contributed by atoms with Crippen LogP contribution in [0.2, 0.25) is 0 Å². The Labute approximate surface area is 124 Å². The molecule has 1 aromatic rings. The molecule has 6 nitrogen and oxygen atoms in total. The minimum Gasteiger partial charge on any atom is -0.483 e. The Morgan fingerprint density at radius 1 is 1.14 bits per heavy atom. The Kier molecular flexibility index (Phi) is 6.68. The van der Waals surface area contributed by atoms with Crippen LogP contribution in [0, 0.1) is 6.92 Å². The number of rotatable bonds is 6. The van der Waals surface area contributed by atoms with Gasteiger partial charge in [-0.05, 0) is 30.0 Å². The van der Waals surface area contributed by atoms with Crippen LogP contribution in [0.1, 0.15) is 30.9 Å². The molecule has 0 fully saturated rings. The molecule has 6 heteroatoms. The normalized spacial score (nSPS) is 10.3. The van der Waals surface area contributed by atoms with Crippen LogP contribution >= 0.6 is 0 Å². The number of methoxy groups -OCH3 is 1. The third kappa shape index (κ3) is 5.83. The molecule has 1 rings (SSSR count). The van der Waals surface area contributed by atoms with Crippen LogP contribution in [-0.2, 0) is 14.3 Å². The molecule has 0 spiro atoms. The van der Waals surface area contributed by atoms with E-state index >= 15 is 0 Å². The summed E-state index contributed by atoms with van der Waals surface area (Å²) in [5.74, 6) is 0.119. The van der Waals surface area contributed by atoms with E-state index in [1.54, 1.807) is 0 Å². The van der Waals surface area contributed by atoms with Gasteiger partial charge in [0.05, 0.1) is 0 Å². The molecular weight excluding hydrogens is 272 g/mol. The van der Waals surface area contributed by atoms with Crippen molar-refractivity contribution < 1.29 is 19.1 Å². The average Bonchev–Trinajstić information content (AvgIpc) is 2.43. The smallest absolute Gasteiger partial charge is 0.276 e. The quantitative estimate of drug-likeness (QED) is 0.775. The molecule has 1 aromatic carbocycles. The van der Waals surface area contributed by atoms with Gasteiger partial charge >= 0.3 is 0 Å². The van der Waals surface area contributed by atoms with Crippen LogP contribution in [0.3, 0.4) is 0 Å². The summed E-state index contributed by atoms with van der Waals surface area (Å²) in [5, 5.41) is 0. The van der Waals surface area contributed by atoms with Gasteiger partial charge in [0.25, 0.3) is 11.8 Å². The third-order valence-corrected chi connectivity index (χ3v) is 2.77. The van der Waals surface area contributed by atoms with Gasteiger partial charge in [-0.2, -0.15) is 0 Å². The molecular formula is C15H22N2O4. The molecule has 2 amide bonds. The number of carbonyl (C=O) groups excluding carboxylic acids is 2. The largest absolute Gasteiger partial charge is 0.483 e. The van der Waals surface area contributed by atoms with Crippen LogP contribution in [0.25, 0.3) is 0 Å². The second-order valence-electron chi connectivity index (χ2n) is 5.01. The van der Waals surface area contributed by atoms with E-state index in [2.05, 4.69) is 29.4 Å². The Balaban J connectivity index is 2.53. The second kappa shape index (κ2) is 8.26. The van der Waals surface area contributed by atoms with E-state index in [0.717, 1.165) is 11.1 Å². The zero-order valence-corrected chi connectivity index (χ0v) is 12.9. The highest BCUT2D eigenvalue weighted by atomic mass is 16.5. The van der Waals surface area contributed by atoms with Crippen molar-refractivity contribution in [2.45, 2.75) is 26.7 Å². The van der Waals surface area contributed by atoms with Gasteiger partial charge in [-0.1, -0.05) is 26.0 Å². The lowest BCUT2D eigenvalue weighted by molar-refractivity contribution is -0.131. The number of hydrogen-bond donors (Lipinski definition) is 2. The van der Waals surface area contributed by atoms with E-state index < -0.39 is 11.8 Å². The summed E-state index contributed by atoms with van der Waals surface area (Å²) < 4.78 is 10.2. The molecule has 0 aliphatic rings. The Morgan fingerprint density at radius 2 is 1.76 bits per heavy atom. The molecule has 0 bridgehead atoms. The van der Waals surface area contributed by atoms with Gasteiger partial charge in [-0.15, -0.1) is 0 Å². The first kappa shape index (κ1) is 17.0. The van der Waals surface area contributed by atoms with Crippen molar-refractivity contribution in [2.75, 3.05) is 20.3 Å². The van der Waals surface area contributed by atoms with E-state index in [0.29, 0.717) is 11.7 Å². The zero-order chi connectivity index (χ0) is 15.8. The molecule has 0 saturated carbocycles. The molecule has 0 aliphatic carbocycles.